The molecule has 1 atom stereocenters. The minimum absolute atomic E-state index is 0.163. The molecule has 0 aliphatic carbocycles. The average molecular weight is 330 g/mol. The zero-order valence-electron chi connectivity index (χ0n) is 14.6. The third-order valence-corrected chi connectivity index (χ3v) is 4.73. The van der Waals surface area contributed by atoms with Crippen molar-refractivity contribution in [1.82, 2.24) is 0 Å². The monoisotopic (exact) mass is 330 g/mol. The number of benzene rings is 3. The minimum Gasteiger partial charge on any atom is -0.478 e. The van der Waals surface area contributed by atoms with Gasteiger partial charge in [0.2, 0.25) is 0 Å². The van der Waals surface area contributed by atoms with E-state index in [2.05, 4.69) is 38.1 Å². The Hall–Kier alpha value is -2.87. The largest absolute Gasteiger partial charge is 0.478 e. The van der Waals surface area contributed by atoms with Crippen molar-refractivity contribution in [2.45, 2.75) is 26.2 Å². The Morgan fingerprint density at radius 1 is 0.920 bits per heavy atom. The van der Waals surface area contributed by atoms with Crippen molar-refractivity contribution in [3.05, 3.63) is 95.1 Å². The lowest BCUT2D eigenvalue weighted by Crippen LogP contribution is -2.06. The van der Waals surface area contributed by atoms with Crippen molar-refractivity contribution in [2.24, 2.45) is 0 Å². The average Bonchev–Trinajstić information content (AvgIpc) is 2.64. The zero-order chi connectivity index (χ0) is 17.8. The zero-order valence-corrected chi connectivity index (χ0v) is 14.6. The number of hydrogen-bond donors (Lipinski definition) is 1. The van der Waals surface area contributed by atoms with Gasteiger partial charge >= 0.3 is 5.97 Å². The fraction of sp³-hybridized carbons (Fsp3) is 0.174. The van der Waals surface area contributed by atoms with E-state index < -0.39 is 5.97 Å². The highest BCUT2D eigenvalue weighted by Gasteiger charge is 2.20. The van der Waals surface area contributed by atoms with Gasteiger partial charge in [0.05, 0.1) is 5.56 Å². The standard InChI is InChI=1S/C23H22O2/c1-3-19(20-12-8-7-9-16(20)2)22-15-18(23(24)25)13-14-21(22)17-10-5-4-6-11-17/h4-15,19H,3H2,1-2H3,(H,24,25). The number of carbonyl (C=O) groups is 1. The number of aryl methyl sites for hydroxylation is 1. The molecule has 25 heavy (non-hydrogen) atoms. The predicted molar refractivity (Wildman–Crippen MR) is 102 cm³/mol. The molecule has 0 aliphatic heterocycles. The quantitative estimate of drug-likeness (QED) is 0.632. The van der Waals surface area contributed by atoms with Gasteiger partial charge in [0.1, 0.15) is 0 Å². The molecule has 0 fully saturated rings. The summed E-state index contributed by atoms with van der Waals surface area (Å²) in [6, 6.07) is 24.0. The molecular weight excluding hydrogens is 308 g/mol. The lowest BCUT2D eigenvalue weighted by Gasteiger charge is -2.22. The van der Waals surface area contributed by atoms with E-state index in [4.69, 9.17) is 0 Å². The van der Waals surface area contributed by atoms with E-state index in [9.17, 15) is 9.90 Å². The Morgan fingerprint density at radius 3 is 2.24 bits per heavy atom. The lowest BCUT2D eigenvalue weighted by atomic mass is 9.82. The predicted octanol–water partition coefficient (Wildman–Crippen LogP) is 5.90. The van der Waals surface area contributed by atoms with E-state index in [0.29, 0.717) is 5.56 Å². The summed E-state index contributed by atoms with van der Waals surface area (Å²) >= 11 is 0. The second-order valence-electron chi connectivity index (χ2n) is 6.29. The molecule has 0 spiro atoms. The van der Waals surface area contributed by atoms with E-state index >= 15 is 0 Å². The van der Waals surface area contributed by atoms with Crippen molar-refractivity contribution >= 4 is 5.97 Å². The molecular formula is C23H22O2. The molecule has 0 saturated heterocycles. The molecule has 0 amide bonds. The Bertz CT molecular complexity index is 882. The maximum Gasteiger partial charge on any atom is 0.335 e. The van der Waals surface area contributed by atoms with Gasteiger partial charge in [-0.25, -0.2) is 4.79 Å². The number of aromatic carboxylic acids is 1. The third-order valence-electron chi connectivity index (χ3n) is 4.73. The molecule has 3 rings (SSSR count). The van der Waals surface area contributed by atoms with Crippen LogP contribution in [-0.4, -0.2) is 11.1 Å². The number of carboxylic acid groups (broad SMARTS) is 1. The second-order valence-corrected chi connectivity index (χ2v) is 6.29. The van der Waals surface area contributed by atoms with Crippen LogP contribution in [0.25, 0.3) is 11.1 Å². The van der Waals surface area contributed by atoms with Crippen molar-refractivity contribution < 1.29 is 9.90 Å². The molecule has 3 aromatic rings. The van der Waals surface area contributed by atoms with Crippen molar-refractivity contribution in [3.63, 3.8) is 0 Å². The molecule has 3 aromatic carbocycles. The summed E-state index contributed by atoms with van der Waals surface area (Å²) < 4.78 is 0. The Labute approximate surface area is 148 Å². The van der Waals surface area contributed by atoms with Crippen molar-refractivity contribution in [2.75, 3.05) is 0 Å². The lowest BCUT2D eigenvalue weighted by molar-refractivity contribution is 0.0697. The molecule has 0 heterocycles. The first-order valence-electron chi connectivity index (χ1n) is 8.60. The van der Waals surface area contributed by atoms with Crippen LogP contribution in [0.4, 0.5) is 0 Å². The first-order chi connectivity index (χ1) is 12.1. The van der Waals surface area contributed by atoms with Gasteiger partial charge in [0.25, 0.3) is 0 Å². The molecule has 0 aliphatic rings. The summed E-state index contributed by atoms with van der Waals surface area (Å²) in [4.78, 5) is 11.5. The van der Waals surface area contributed by atoms with Crippen molar-refractivity contribution in [3.8, 4) is 11.1 Å². The van der Waals surface area contributed by atoms with Gasteiger partial charge < -0.3 is 5.11 Å². The molecule has 0 radical (unpaired) electrons. The summed E-state index contributed by atoms with van der Waals surface area (Å²) in [6.45, 7) is 4.26. The molecule has 1 N–H and O–H groups in total. The van der Waals surface area contributed by atoms with Crippen LogP contribution in [0.5, 0.6) is 0 Å². The SMILES string of the molecule is CCC(c1ccccc1C)c1cc(C(=O)O)ccc1-c1ccccc1. The van der Waals surface area contributed by atoms with Crippen LogP contribution in [0.1, 0.15) is 46.3 Å². The summed E-state index contributed by atoms with van der Waals surface area (Å²) in [7, 11) is 0. The Morgan fingerprint density at radius 2 is 1.60 bits per heavy atom. The van der Waals surface area contributed by atoms with E-state index in [1.165, 1.54) is 11.1 Å². The van der Waals surface area contributed by atoms with Gasteiger partial charge in [-0.15, -0.1) is 0 Å². The molecule has 0 saturated carbocycles. The van der Waals surface area contributed by atoms with E-state index in [-0.39, 0.29) is 5.92 Å². The maximum absolute atomic E-state index is 11.5. The first kappa shape index (κ1) is 17.0. The third kappa shape index (κ3) is 3.48. The summed E-state index contributed by atoms with van der Waals surface area (Å²) in [6.07, 6.45) is 0.910. The maximum atomic E-state index is 11.5. The molecule has 0 aromatic heterocycles. The van der Waals surface area contributed by atoms with Crippen LogP contribution in [0.3, 0.4) is 0 Å². The minimum atomic E-state index is -0.888. The summed E-state index contributed by atoms with van der Waals surface area (Å²) in [5.74, 6) is -0.726. The first-order valence-corrected chi connectivity index (χ1v) is 8.60. The molecule has 2 heteroatoms. The van der Waals surface area contributed by atoms with Gasteiger partial charge in [0.15, 0.2) is 0 Å². The fourth-order valence-corrected chi connectivity index (χ4v) is 3.45. The fourth-order valence-electron chi connectivity index (χ4n) is 3.45. The smallest absolute Gasteiger partial charge is 0.335 e. The van der Waals surface area contributed by atoms with Gasteiger partial charge in [-0.1, -0.05) is 67.6 Å². The summed E-state index contributed by atoms with van der Waals surface area (Å²) in [5, 5.41) is 9.45. The molecule has 1 unspecified atom stereocenters. The van der Waals surface area contributed by atoms with E-state index in [1.54, 1.807) is 6.07 Å². The second kappa shape index (κ2) is 7.35. The summed E-state index contributed by atoms with van der Waals surface area (Å²) in [5.41, 5.74) is 6.10. The molecule has 0 bridgehead atoms. The van der Waals surface area contributed by atoms with Crippen LogP contribution >= 0.6 is 0 Å². The van der Waals surface area contributed by atoms with Crippen molar-refractivity contribution in [1.29, 1.82) is 0 Å². The van der Waals surface area contributed by atoms with Crippen LogP contribution in [-0.2, 0) is 0 Å². The van der Waals surface area contributed by atoms with Crippen LogP contribution in [0, 0.1) is 6.92 Å². The van der Waals surface area contributed by atoms with Gasteiger partial charge in [0, 0.05) is 5.92 Å². The number of rotatable bonds is 5. The topological polar surface area (TPSA) is 37.3 Å². The van der Waals surface area contributed by atoms with E-state index in [1.807, 2.05) is 42.5 Å². The van der Waals surface area contributed by atoms with Crippen LogP contribution in [0.2, 0.25) is 0 Å². The van der Waals surface area contributed by atoms with Crippen LogP contribution < -0.4 is 0 Å². The highest BCUT2D eigenvalue weighted by Crippen LogP contribution is 2.37. The number of hydrogen-bond acceptors (Lipinski definition) is 1. The number of carboxylic acids is 1. The van der Waals surface area contributed by atoms with Gasteiger partial charge in [-0.3, -0.25) is 0 Å². The molecule has 126 valence electrons. The highest BCUT2D eigenvalue weighted by molar-refractivity contribution is 5.89. The van der Waals surface area contributed by atoms with E-state index in [0.717, 1.165) is 23.1 Å². The Kier molecular flexibility index (Phi) is 4.99. The van der Waals surface area contributed by atoms with Gasteiger partial charge in [-0.2, -0.15) is 0 Å². The highest BCUT2D eigenvalue weighted by atomic mass is 16.4. The van der Waals surface area contributed by atoms with Crippen LogP contribution in [0.15, 0.2) is 72.8 Å². The van der Waals surface area contributed by atoms with Gasteiger partial charge in [-0.05, 0) is 53.3 Å². The molecule has 2 nitrogen and oxygen atoms in total. The normalized spacial score (nSPS) is 11.9. The Balaban J connectivity index is 2.22.